The first-order valence-corrected chi connectivity index (χ1v) is 8.64. The van der Waals surface area contributed by atoms with Gasteiger partial charge in [0.15, 0.2) is 0 Å². The predicted octanol–water partition coefficient (Wildman–Crippen LogP) is 4.71. The molecule has 0 aromatic heterocycles. The highest BCUT2D eigenvalue weighted by Crippen LogP contribution is 2.28. The maximum absolute atomic E-state index is 12.9. The molecule has 0 aliphatic carbocycles. The van der Waals surface area contributed by atoms with Crippen molar-refractivity contribution in [1.29, 1.82) is 0 Å². The third-order valence-electron chi connectivity index (χ3n) is 4.47. The molecule has 0 bridgehead atoms. The fourth-order valence-corrected chi connectivity index (χ4v) is 2.83. The Bertz CT molecular complexity index is 911. The number of nitrogen functional groups attached to an aromatic ring is 1. The molecule has 0 unspecified atom stereocenters. The van der Waals surface area contributed by atoms with Crippen molar-refractivity contribution in [2.24, 2.45) is 10.7 Å². The van der Waals surface area contributed by atoms with Crippen LogP contribution in [0.3, 0.4) is 0 Å². The predicted molar refractivity (Wildman–Crippen MR) is 107 cm³/mol. The van der Waals surface area contributed by atoms with E-state index in [0.29, 0.717) is 29.2 Å². The molecule has 0 fully saturated rings. The summed E-state index contributed by atoms with van der Waals surface area (Å²) < 4.78 is 44.6. The molecule has 0 heterocycles. The van der Waals surface area contributed by atoms with Crippen molar-refractivity contribution in [3.8, 4) is 5.75 Å². The second-order valence-corrected chi connectivity index (χ2v) is 6.57. The van der Waals surface area contributed by atoms with Gasteiger partial charge in [0, 0.05) is 29.6 Å². The quantitative estimate of drug-likeness (QED) is 0.573. The van der Waals surface area contributed by atoms with Crippen LogP contribution in [0.5, 0.6) is 5.75 Å². The molecule has 0 spiro atoms. The Kier molecular flexibility index (Phi) is 6.38. The zero-order valence-corrected chi connectivity index (χ0v) is 16.3. The number of rotatable bonds is 5. The molecule has 0 amide bonds. The lowest BCUT2D eigenvalue weighted by Crippen LogP contribution is -2.22. The van der Waals surface area contributed by atoms with Gasteiger partial charge in [-0.05, 0) is 61.7 Å². The summed E-state index contributed by atoms with van der Waals surface area (Å²) in [5.74, 6) is 0.622. The Morgan fingerprint density at radius 2 is 1.79 bits per heavy atom. The van der Waals surface area contributed by atoms with E-state index in [1.807, 2.05) is 32.0 Å². The number of aliphatic imine (C=N–C) groups is 1. The number of hydrogen-bond donors (Lipinski definition) is 2. The highest BCUT2D eigenvalue weighted by molar-refractivity contribution is 6.04. The van der Waals surface area contributed by atoms with Gasteiger partial charge in [-0.3, -0.25) is 4.99 Å². The molecule has 4 N–H and O–H groups in total. The minimum atomic E-state index is -4.56. The lowest BCUT2D eigenvalue weighted by molar-refractivity contribution is -0.0577. The van der Waals surface area contributed by atoms with Crippen molar-refractivity contribution in [2.75, 3.05) is 12.8 Å². The monoisotopic (exact) mass is 391 g/mol. The van der Waals surface area contributed by atoms with Crippen LogP contribution in [0.4, 0.5) is 18.9 Å². The molecule has 2 aromatic rings. The van der Waals surface area contributed by atoms with Crippen LogP contribution in [0.2, 0.25) is 0 Å². The number of ether oxygens (including phenoxy) is 1. The standard InChI is InChI=1S/C21H24F3N3O/c1-12-6-5-7-17(25)16(12)11-28-19-9-13(2)15(8-14(19)3)18(26)10-20(27-4)21(22,23)24/h5-10H,11,25-26H2,1-4H3. The number of nitrogens with zero attached hydrogens (tertiary/aromatic N) is 1. The molecule has 2 aromatic carbocycles. The van der Waals surface area contributed by atoms with Gasteiger partial charge in [-0.2, -0.15) is 13.2 Å². The normalized spacial score (nSPS) is 13.0. The van der Waals surface area contributed by atoms with Crippen LogP contribution in [0.25, 0.3) is 5.70 Å². The molecule has 4 nitrogen and oxygen atoms in total. The van der Waals surface area contributed by atoms with Crippen molar-refractivity contribution < 1.29 is 17.9 Å². The van der Waals surface area contributed by atoms with Crippen molar-refractivity contribution >= 4 is 17.1 Å². The molecule has 0 saturated heterocycles. The molecular formula is C21H24F3N3O. The first-order valence-electron chi connectivity index (χ1n) is 8.64. The van der Waals surface area contributed by atoms with Crippen LogP contribution < -0.4 is 16.2 Å². The Hall–Kier alpha value is -2.96. The van der Waals surface area contributed by atoms with Crippen LogP contribution >= 0.6 is 0 Å². The van der Waals surface area contributed by atoms with Gasteiger partial charge < -0.3 is 16.2 Å². The minimum Gasteiger partial charge on any atom is -0.489 e. The number of allylic oxidation sites excluding steroid dienone is 1. The van der Waals surface area contributed by atoms with Crippen LogP contribution in [0.1, 0.15) is 27.8 Å². The molecule has 7 heteroatoms. The molecule has 0 atom stereocenters. The third kappa shape index (κ3) is 4.85. The average Bonchev–Trinajstić information content (AvgIpc) is 2.60. The molecule has 150 valence electrons. The first-order chi connectivity index (χ1) is 13.0. The Balaban J connectivity index is 2.30. The topological polar surface area (TPSA) is 73.6 Å². The van der Waals surface area contributed by atoms with E-state index >= 15 is 0 Å². The van der Waals surface area contributed by atoms with Crippen molar-refractivity contribution in [3.63, 3.8) is 0 Å². The summed E-state index contributed by atoms with van der Waals surface area (Å²) in [5.41, 5.74) is 15.4. The first kappa shape index (κ1) is 21.3. The summed E-state index contributed by atoms with van der Waals surface area (Å²) in [6.45, 7) is 5.82. The van der Waals surface area contributed by atoms with E-state index < -0.39 is 11.9 Å². The van der Waals surface area contributed by atoms with Crippen molar-refractivity contribution in [2.45, 2.75) is 33.6 Å². The van der Waals surface area contributed by atoms with E-state index in [4.69, 9.17) is 16.2 Å². The van der Waals surface area contributed by atoms with Gasteiger partial charge in [-0.1, -0.05) is 12.1 Å². The number of aryl methyl sites for hydroxylation is 3. The average molecular weight is 391 g/mol. The smallest absolute Gasteiger partial charge is 0.432 e. The highest BCUT2D eigenvalue weighted by Gasteiger charge is 2.33. The van der Waals surface area contributed by atoms with Crippen LogP contribution in [-0.2, 0) is 6.61 Å². The molecule has 0 aliphatic heterocycles. The molecule has 2 rings (SSSR count). The van der Waals surface area contributed by atoms with Crippen LogP contribution in [0, 0.1) is 20.8 Å². The lowest BCUT2D eigenvalue weighted by Gasteiger charge is -2.16. The largest absolute Gasteiger partial charge is 0.489 e. The second kappa shape index (κ2) is 8.37. The number of benzene rings is 2. The number of halogens is 3. The molecule has 28 heavy (non-hydrogen) atoms. The van der Waals surface area contributed by atoms with Gasteiger partial charge in [-0.25, -0.2) is 0 Å². The van der Waals surface area contributed by atoms with E-state index in [-0.39, 0.29) is 5.70 Å². The van der Waals surface area contributed by atoms with Gasteiger partial charge >= 0.3 is 6.18 Å². The van der Waals surface area contributed by atoms with E-state index in [2.05, 4.69) is 4.99 Å². The summed E-state index contributed by atoms with van der Waals surface area (Å²) >= 11 is 0. The summed E-state index contributed by atoms with van der Waals surface area (Å²) in [7, 11) is 1.08. The SMILES string of the molecule is CN=C(C=C(N)c1cc(C)c(OCc2c(C)cccc2N)cc1C)C(F)(F)F. The molecule has 0 radical (unpaired) electrons. The summed E-state index contributed by atoms with van der Waals surface area (Å²) in [5, 5.41) is 0. The number of hydrogen-bond acceptors (Lipinski definition) is 4. The number of nitrogens with two attached hydrogens (primary N) is 2. The third-order valence-corrected chi connectivity index (χ3v) is 4.47. The highest BCUT2D eigenvalue weighted by atomic mass is 19.4. The minimum absolute atomic E-state index is 0.00627. The van der Waals surface area contributed by atoms with Crippen LogP contribution in [0.15, 0.2) is 41.4 Å². The zero-order valence-electron chi connectivity index (χ0n) is 16.3. The van der Waals surface area contributed by atoms with E-state index in [0.717, 1.165) is 29.8 Å². The molecule has 0 saturated carbocycles. The van der Waals surface area contributed by atoms with Gasteiger partial charge in [-0.15, -0.1) is 0 Å². The van der Waals surface area contributed by atoms with Gasteiger partial charge in [0.05, 0.1) is 0 Å². The summed E-state index contributed by atoms with van der Waals surface area (Å²) in [4.78, 5) is 3.27. The van der Waals surface area contributed by atoms with Crippen LogP contribution in [-0.4, -0.2) is 18.9 Å². The fraction of sp³-hybridized carbons (Fsp3) is 0.286. The maximum atomic E-state index is 12.9. The van der Waals surface area contributed by atoms with Gasteiger partial charge in [0.25, 0.3) is 0 Å². The Morgan fingerprint density at radius 3 is 2.36 bits per heavy atom. The fourth-order valence-electron chi connectivity index (χ4n) is 2.83. The Morgan fingerprint density at radius 1 is 1.11 bits per heavy atom. The van der Waals surface area contributed by atoms with E-state index in [1.54, 1.807) is 19.1 Å². The van der Waals surface area contributed by atoms with E-state index in [9.17, 15) is 13.2 Å². The van der Waals surface area contributed by atoms with Gasteiger partial charge in [0.1, 0.15) is 18.1 Å². The molecular weight excluding hydrogens is 367 g/mol. The molecule has 0 aliphatic rings. The van der Waals surface area contributed by atoms with E-state index in [1.165, 1.54) is 0 Å². The maximum Gasteiger partial charge on any atom is 0.432 e. The Labute approximate surface area is 162 Å². The zero-order chi connectivity index (χ0) is 21.1. The number of alkyl halides is 3. The second-order valence-electron chi connectivity index (χ2n) is 6.57. The summed E-state index contributed by atoms with van der Waals surface area (Å²) in [6, 6.07) is 9.11. The summed E-state index contributed by atoms with van der Waals surface area (Å²) in [6.07, 6.45) is -3.71. The van der Waals surface area contributed by atoms with Gasteiger partial charge in [0.2, 0.25) is 0 Å². The lowest BCUT2D eigenvalue weighted by atomic mass is 10.0. The van der Waals surface area contributed by atoms with Crippen molar-refractivity contribution in [1.82, 2.24) is 0 Å². The number of anilines is 1. The van der Waals surface area contributed by atoms with Crippen molar-refractivity contribution in [3.05, 3.63) is 64.2 Å².